The Bertz CT molecular complexity index is 1250. The zero-order valence-electron chi connectivity index (χ0n) is 13.0. The van der Waals surface area contributed by atoms with Gasteiger partial charge >= 0.3 is 0 Å². The zero-order valence-corrected chi connectivity index (χ0v) is 13.0. The number of benzene rings is 2. The fourth-order valence-corrected chi connectivity index (χ4v) is 3.15. The molecule has 4 rings (SSSR count). The van der Waals surface area contributed by atoms with Crippen molar-refractivity contribution in [3.8, 4) is 11.8 Å². The van der Waals surface area contributed by atoms with Crippen LogP contribution in [0.15, 0.2) is 35.1 Å². The summed E-state index contributed by atoms with van der Waals surface area (Å²) in [5.41, 5.74) is 2.05. The number of nitriles is 1. The van der Waals surface area contributed by atoms with E-state index in [1.807, 2.05) is 0 Å². The summed E-state index contributed by atoms with van der Waals surface area (Å²) >= 11 is 0. The third-order valence-corrected chi connectivity index (χ3v) is 4.35. The summed E-state index contributed by atoms with van der Waals surface area (Å²) in [6.07, 6.45) is 0. The number of aromatic nitrogens is 2. The number of nitrogens with zero attached hydrogens (tertiary/aromatic N) is 2. The Labute approximate surface area is 135 Å². The van der Waals surface area contributed by atoms with Gasteiger partial charge in [0.15, 0.2) is 17.0 Å². The molecule has 118 valence electrons. The summed E-state index contributed by atoms with van der Waals surface area (Å²) in [5, 5.41) is 10.7. The van der Waals surface area contributed by atoms with E-state index in [0.717, 1.165) is 5.39 Å². The molecule has 0 aliphatic rings. The molecule has 0 spiro atoms. The molecular weight excluding hydrogens is 309 g/mol. The van der Waals surface area contributed by atoms with Crippen molar-refractivity contribution < 1.29 is 9.13 Å². The Morgan fingerprint density at radius 3 is 2.75 bits per heavy atom. The van der Waals surface area contributed by atoms with Crippen LogP contribution in [-0.4, -0.2) is 16.7 Å². The largest absolute Gasteiger partial charge is 0.494 e. The molecule has 0 saturated carbocycles. The monoisotopic (exact) mass is 321 g/mol. The summed E-state index contributed by atoms with van der Waals surface area (Å²) < 4.78 is 20.8. The first-order chi connectivity index (χ1) is 11.5. The highest BCUT2D eigenvalue weighted by Crippen LogP contribution is 2.29. The summed E-state index contributed by atoms with van der Waals surface area (Å²) in [5.74, 6) is -0.493. The van der Waals surface area contributed by atoms with Crippen molar-refractivity contribution in [2.24, 2.45) is 7.05 Å². The lowest BCUT2D eigenvalue weighted by atomic mass is 10.1. The molecule has 1 N–H and O–H groups in total. The molecule has 4 aromatic rings. The predicted molar refractivity (Wildman–Crippen MR) is 89.8 cm³/mol. The lowest BCUT2D eigenvalue weighted by molar-refractivity contribution is 0.387. The normalized spacial score (nSPS) is 11.2. The molecule has 2 aromatic heterocycles. The number of hydrogen-bond donors (Lipinski definition) is 1. The topological polar surface area (TPSA) is 70.8 Å². The van der Waals surface area contributed by atoms with E-state index in [4.69, 9.17) is 10.00 Å². The van der Waals surface area contributed by atoms with Crippen LogP contribution in [0.3, 0.4) is 0 Å². The van der Waals surface area contributed by atoms with Crippen molar-refractivity contribution >= 4 is 32.8 Å². The molecule has 6 heteroatoms. The van der Waals surface area contributed by atoms with Crippen molar-refractivity contribution in [2.75, 3.05) is 7.11 Å². The SMILES string of the molecule is COc1cc2c(=O)c3c4ccc(C#N)cc4[nH]c3n(C)c2cc1F. The second-order valence-electron chi connectivity index (χ2n) is 5.61. The number of nitrogens with one attached hydrogen (secondary N) is 1. The molecule has 0 atom stereocenters. The van der Waals surface area contributed by atoms with Crippen LogP contribution in [0.2, 0.25) is 0 Å². The minimum absolute atomic E-state index is 0.0329. The number of aromatic amines is 1. The molecule has 2 heterocycles. The average molecular weight is 321 g/mol. The fourth-order valence-electron chi connectivity index (χ4n) is 3.15. The van der Waals surface area contributed by atoms with Crippen LogP contribution in [0, 0.1) is 17.1 Å². The van der Waals surface area contributed by atoms with Crippen LogP contribution >= 0.6 is 0 Å². The Hall–Kier alpha value is -3.33. The molecule has 0 radical (unpaired) electrons. The minimum Gasteiger partial charge on any atom is -0.494 e. The van der Waals surface area contributed by atoms with Gasteiger partial charge in [0.1, 0.15) is 5.65 Å². The molecule has 24 heavy (non-hydrogen) atoms. The smallest absolute Gasteiger partial charge is 0.199 e. The number of hydrogen-bond acceptors (Lipinski definition) is 3. The van der Waals surface area contributed by atoms with Crippen LogP contribution in [0.4, 0.5) is 4.39 Å². The number of ether oxygens (including phenoxy) is 1. The van der Waals surface area contributed by atoms with Crippen LogP contribution in [0.25, 0.3) is 32.8 Å². The summed E-state index contributed by atoms with van der Waals surface area (Å²) in [6, 6.07) is 9.91. The maximum absolute atomic E-state index is 14.0. The number of rotatable bonds is 1. The van der Waals surface area contributed by atoms with E-state index in [2.05, 4.69) is 11.1 Å². The molecule has 0 amide bonds. The van der Waals surface area contributed by atoms with Gasteiger partial charge in [-0.3, -0.25) is 4.79 Å². The van der Waals surface area contributed by atoms with Crippen molar-refractivity contribution in [2.45, 2.75) is 0 Å². The summed E-state index contributed by atoms with van der Waals surface area (Å²) in [6.45, 7) is 0. The van der Waals surface area contributed by atoms with Gasteiger partial charge in [-0.05, 0) is 18.2 Å². The molecule has 0 bridgehead atoms. The zero-order chi connectivity index (χ0) is 17.0. The van der Waals surface area contributed by atoms with Gasteiger partial charge in [-0.15, -0.1) is 0 Å². The van der Waals surface area contributed by atoms with E-state index in [1.165, 1.54) is 19.2 Å². The van der Waals surface area contributed by atoms with E-state index < -0.39 is 5.82 Å². The number of halogens is 1. The van der Waals surface area contributed by atoms with Crippen molar-refractivity contribution in [1.82, 2.24) is 9.55 Å². The number of pyridine rings is 1. The Morgan fingerprint density at radius 1 is 1.25 bits per heavy atom. The summed E-state index contributed by atoms with van der Waals surface area (Å²) in [4.78, 5) is 16.1. The van der Waals surface area contributed by atoms with Crippen LogP contribution in [0.1, 0.15) is 5.56 Å². The van der Waals surface area contributed by atoms with Gasteiger partial charge in [0.05, 0.1) is 35.0 Å². The first kappa shape index (κ1) is 14.3. The molecule has 0 saturated heterocycles. The predicted octanol–water partition coefficient (Wildman–Crippen LogP) is 3.19. The second-order valence-corrected chi connectivity index (χ2v) is 5.61. The number of fused-ring (bicyclic) bond motifs is 4. The van der Waals surface area contributed by atoms with Crippen molar-refractivity contribution in [3.63, 3.8) is 0 Å². The first-order valence-electron chi connectivity index (χ1n) is 7.27. The van der Waals surface area contributed by atoms with E-state index in [1.54, 1.807) is 29.8 Å². The maximum Gasteiger partial charge on any atom is 0.199 e. The number of H-pyrrole nitrogens is 1. The van der Waals surface area contributed by atoms with Crippen LogP contribution in [0.5, 0.6) is 5.75 Å². The van der Waals surface area contributed by atoms with Gasteiger partial charge in [0.2, 0.25) is 0 Å². The van der Waals surface area contributed by atoms with Gasteiger partial charge < -0.3 is 14.3 Å². The Balaban J connectivity index is 2.26. The van der Waals surface area contributed by atoms with Crippen molar-refractivity contribution in [3.05, 3.63) is 51.9 Å². The van der Waals surface area contributed by atoms with E-state index in [-0.39, 0.29) is 11.2 Å². The van der Waals surface area contributed by atoms with Crippen molar-refractivity contribution in [1.29, 1.82) is 5.26 Å². The van der Waals surface area contributed by atoms with Gasteiger partial charge in [-0.25, -0.2) is 4.39 Å². The van der Waals surface area contributed by atoms with Gasteiger partial charge in [-0.2, -0.15) is 5.26 Å². The van der Waals surface area contributed by atoms with Gasteiger partial charge in [-0.1, -0.05) is 6.07 Å². The second kappa shape index (κ2) is 4.83. The highest BCUT2D eigenvalue weighted by Gasteiger charge is 2.17. The highest BCUT2D eigenvalue weighted by atomic mass is 19.1. The van der Waals surface area contributed by atoms with Crippen LogP contribution < -0.4 is 10.2 Å². The van der Waals surface area contributed by atoms with Gasteiger partial charge in [0, 0.05) is 24.0 Å². The third-order valence-electron chi connectivity index (χ3n) is 4.35. The highest BCUT2D eigenvalue weighted by molar-refractivity contribution is 6.09. The Morgan fingerprint density at radius 2 is 2.04 bits per heavy atom. The fraction of sp³-hybridized carbons (Fsp3) is 0.111. The number of aryl methyl sites for hydroxylation is 1. The van der Waals surface area contributed by atoms with E-state index in [9.17, 15) is 9.18 Å². The molecule has 0 aliphatic carbocycles. The standard InChI is InChI=1S/C18H12FN3O2/c1-22-14-7-12(19)15(24-2)6-11(14)17(23)16-10-4-3-9(8-20)5-13(10)21-18(16)22/h3-7,21H,1-2H3. The molecule has 5 nitrogen and oxygen atoms in total. The first-order valence-corrected chi connectivity index (χ1v) is 7.27. The van der Waals surface area contributed by atoms with E-state index in [0.29, 0.717) is 33.0 Å². The summed E-state index contributed by atoms with van der Waals surface area (Å²) in [7, 11) is 3.12. The van der Waals surface area contributed by atoms with Gasteiger partial charge in [0.25, 0.3) is 0 Å². The lowest BCUT2D eigenvalue weighted by Gasteiger charge is -2.09. The number of methoxy groups -OCH3 is 1. The molecule has 0 fully saturated rings. The minimum atomic E-state index is -0.526. The quantitative estimate of drug-likeness (QED) is 0.585. The maximum atomic E-state index is 14.0. The molecule has 0 unspecified atom stereocenters. The van der Waals surface area contributed by atoms with Crippen LogP contribution in [-0.2, 0) is 7.05 Å². The van der Waals surface area contributed by atoms with E-state index >= 15 is 0 Å². The third kappa shape index (κ3) is 1.75. The molecule has 2 aromatic carbocycles. The average Bonchev–Trinajstić information content (AvgIpc) is 2.98. The molecule has 0 aliphatic heterocycles. The lowest BCUT2D eigenvalue weighted by Crippen LogP contribution is -2.09. The Kier molecular flexibility index (Phi) is 2.87. The molecular formula is C18H12FN3O2.